The quantitative estimate of drug-likeness (QED) is 0.595. The van der Waals surface area contributed by atoms with Crippen LogP contribution in [0.25, 0.3) is 0 Å². The summed E-state index contributed by atoms with van der Waals surface area (Å²) in [6.45, 7) is 0.256. The highest BCUT2D eigenvalue weighted by Gasteiger charge is 2.28. The lowest BCUT2D eigenvalue weighted by Gasteiger charge is -2.26. The Kier molecular flexibility index (Phi) is 7.87. The number of morpholine rings is 1. The largest absolute Gasteiger partial charge is 0.452 e. The minimum absolute atomic E-state index is 0.0229. The summed E-state index contributed by atoms with van der Waals surface area (Å²) >= 11 is 6.03. The minimum atomic E-state index is -3.84. The molecule has 31 heavy (non-hydrogen) atoms. The zero-order valence-corrected chi connectivity index (χ0v) is 18.3. The number of carbonyl (C=O) groups excluding carboxylic acids is 3. The van der Waals surface area contributed by atoms with Crippen LogP contribution in [-0.2, 0) is 24.3 Å². The van der Waals surface area contributed by atoms with Crippen LogP contribution in [-0.4, -0.2) is 69.6 Å². The van der Waals surface area contributed by atoms with Gasteiger partial charge in [0.25, 0.3) is 5.91 Å². The van der Waals surface area contributed by atoms with Crippen molar-refractivity contribution in [1.29, 1.82) is 0 Å². The van der Waals surface area contributed by atoms with Gasteiger partial charge in [0.05, 0.1) is 28.7 Å². The number of imide groups is 1. The maximum Gasteiger partial charge on any atom is 0.340 e. The number of carbonyl (C=O) groups is 3. The van der Waals surface area contributed by atoms with Crippen molar-refractivity contribution in [3.8, 4) is 0 Å². The van der Waals surface area contributed by atoms with E-state index in [-0.39, 0.29) is 47.8 Å². The number of amides is 3. The molecule has 0 spiro atoms. The van der Waals surface area contributed by atoms with Gasteiger partial charge in [0.15, 0.2) is 6.61 Å². The second-order valence-corrected chi connectivity index (χ2v) is 9.58. The molecule has 0 aromatic heterocycles. The number of nitrogens with one attached hydrogen (secondary N) is 2. The third kappa shape index (κ3) is 6.16. The topological polar surface area (TPSA) is 131 Å². The van der Waals surface area contributed by atoms with E-state index in [1.165, 1.54) is 16.4 Å². The van der Waals surface area contributed by atoms with Gasteiger partial charge in [-0.05, 0) is 31.0 Å². The molecule has 0 bridgehead atoms. The number of hydrogen-bond acceptors (Lipinski definition) is 7. The van der Waals surface area contributed by atoms with Crippen molar-refractivity contribution in [2.24, 2.45) is 0 Å². The van der Waals surface area contributed by atoms with E-state index in [4.69, 9.17) is 21.1 Å². The summed E-state index contributed by atoms with van der Waals surface area (Å²) in [5.74, 6) is -1.78. The molecule has 10 nitrogen and oxygen atoms in total. The Labute approximate surface area is 185 Å². The van der Waals surface area contributed by atoms with E-state index in [2.05, 4.69) is 10.6 Å². The van der Waals surface area contributed by atoms with Gasteiger partial charge >= 0.3 is 12.0 Å². The van der Waals surface area contributed by atoms with Gasteiger partial charge in [-0.2, -0.15) is 4.31 Å². The van der Waals surface area contributed by atoms with Crippen LogP contribution in [0, 0.1) is 0 Å². The predicted octanol–water partition coefficient (Wildman–Crippen LogP) is 1.29. The Morgan fingerprint density at radius 3 is 2.52 bits per heavy atom. The van der Waals surface area contributed by atoms with Crippen molar-refractivity contribution in [3.05, 3.63) is 28.8 Å². The molecule has 3 rings (SSSR count). The molecule has 1 aliphatic heterocycles. The normalized spacial score (nSPS) is 17.8. The minimum Gasteiger partial charge on any atom is -0.452 e. The zero-order valence-electron chi connectivity index (χ0n) is 16.8. The fourth-order valence-electron chi connectivity index (χ4n) is 3.42. The molecular weight excluding hydrogens is 450 g/mol. The maximum absolute atomic E-state index is 12.8. The highest BCUT2D eigenvalue weighted by atomic mass is 35.5. The number of sulfonamides is 1. The SMILES string of the molecule is O=C(COC(=O)c1cc(S(=O)(=O)N2CCOCC2)ccc1Cl)NC(=O)NC1CCCC1. The van der Waals surface area contributed by atoms with Crippen LogP contribution in [0.1, 0.15) is 36.0 Å². The summed E-state index contributed by atoms with van der Waals surface area (Å²) < 4.78 is 36.9. The second-order valence-electron chi connectivity index (χ2n) is 7.24. The van der Waals surface area contributed by atoms with Crippen molar-refractivity contribution in [2.45, 2.75) is 36.6 Å². The molecule has 1 heterocycles. The molecule has 1 saturated carbocycles. The third-order valence-corrected chi connectivity index (χ3v) is 7.27. The number of hydrogen-bond donors (Lipinski definition) is 2. The van der Waals surface area contributed by atoms with Gasteiger partial charge in [0.1, 0.15) is 0 Å². The fourth-order valence-corrected chi connectivity index (χ4v) is 5.05. The first-order valence-electron chi connectivity index (χ1n) is 9.92. The van der Waals surface area contributed by atoms with Crippen LogP contribution in [0.4, 0.5) is 4.79 Å². The molecule has 0 atom stereocenters. The van der Waals surface area contributed by atoms with E-state index < -0.39 is 34.5 Å². The summed E-state index contributed by atoms with van der Waals surface area (Å²) in [7, 11) is -3.84. The molecule has 170 valence electrons. The van der Waals surface area contributed by atoms with Crippen LogP contribution in [0.2, 0.25) is 5.02 Å². The van der Waals surface area contributed by atoms with Crippen LogP contribution in [0.5, 0.6) is 0 Å². The molecule has 12 heteroatoms. The molecule has 0 unspecified atom stereocenters. The van der Waals surface area contributed by atoms with Gasteiger partial charge in [0.2, 0.25) is 10.0 Å². The van der Waals surface area contributed by atoms with E-state index >= 15 is 0 Å². The first-order valence-corrected chi connectivity index (χ1v) is 11.7. The van der Waals surface area contributed by atoms with Gasteiger partial charge in [-0.25, -0.2) is 18.0 Å². The summed E-state index contributed by atoms with van der Waals surface area (Å²) in [4.78, 5) is 35.9. The highest BCUT2D eigenvalue weighted by Crippen LogP contribution is 2.24. The van der Waals surface area contributed by atoms with Gasteiger partial charge in [-0.1, -0.05) is 24.4 Å². The Hall–Kier alpha value is -2.21. The van der Waals surface area contributed by atoms with Crippen LogP contribution in [0.3, 0.4) is 0 Å². The molecule has 1 saturated heterocycles. The Morgan fingerprint density at radius 2 is 1.84 bits per heavy atom. The Morgan fingerprint density at radius 1 is 1.16 bits per heavy atom. The lowest BCUT2D eigenvalue weighted by molar-refractivity contribution is -0.123. The summed E-state index contributed by atoms with van der Waals surface area (Å²) in [6, 6.07) is 3.07. The lowest BCUT2D eigenvalue weighted by Crippen LogP contribution is -2.45. The molecule has 0 radical (unpaired) electrons. The predicted molar refractivity (Wildman–Crippen MR) is 110 cm³/mol. The molecule has 2 fully saturated rings. The van der Waals surface area contributed by atoms with Crippen LogP contribution < -0.4 is 10.6 Å². The monoisotopic (exact) mass is 473 g/mol. The number of urea groups is 1. The lowest BCUT2D eigenvalue weighted by atomic mass is 10.2. The standard InChI is InChI=1S/C19H24ClN3O7S/c20-16-6-5-14(31(27,28)23-7-9-29-10-8-23)11-15(16)18(25)30-12-17(24)22-19(26)21-13-3-1-2-4-13/h5-6,11,13H,1-4,7-10,12H2,(H2,21,22,24,26). The molecule has 1 aliphatic carbocycles. The number of nitrogens with zero attached hydrogens (tertiary/aromatic N) is 1. The highest BCUT2D eigenvalue weighted by molar-refractivity contribution is 7.89. The van der Waals surface area contributed by atoms with Crippen LogP contribution >= 0.6 is 11.6 Å². The van der Waals surface area contributed by atoms with Gasteiger partial charge in [-0.15, -0.1) is 0 Å². The van der Waals surface area contributed by atoms with Crippen molar-refractivity contribution in [1.82, 2.24) is 14.9 Å². The second kappa shape index (κ2) is 10.4. The maximum atomic E-state index is 12.8. The average molecular weight is 474 g/mol. The molecule has 1 aromatic rings. The zero-order chi connectivity index (χ0) is 22.4. The fraction of sp³-hybridized carbons (Fsp3) is 0.526. The molecule has 1 aromatic carbocycles. The average Bonchev–Trinajstić information content (AvgIpc) is 3.25. The number of halogens is 1. The Bertz CT molecular complexity index is 942. The first kappa shape index (κ1) is 23.5. The van der Waals surface area contributed by atoms with E-state index in [1.807, 2.05) is 0 Å². The molecule has 3 amide bonds. The number of benzene rings is 1. The van der Waals surface area contributed by atoms with Crippen molar-refractivity contribution >= 4 is 39.5 Å². The van der Waals surface area contributed by atoms with E-state index in [9.17, 15) is 22.8 Å². The van der Waals surface area contributed by atoms with Crippen molar-refractivity contribution in [2.75, 3.05) is 32.9 Å². The molecular formula is C19H24ClN3O7S. The van der Waals surface area contributed by atoms with Gasteiger partial charge in [0, 0.05) is 19.1 Å². The van der Waals surface area contributed by atoms with Crippen LogP contribution in [0.15, 0.2) is 23.1 Å². The molecule has 2 N–H and O–H groups in total. The number of rotatable bonds is 6. The number of ether oxygens (including phenoxy) is 2. The summed E-state index contributed by atoms with van der Waals surface area (Å²) in [5.41, 5.74) is -0.195. The molecule has 2 aliphatic rings. The third-order valence-electron chi connectivity index (χ3n) is 5.04. The van der Waals surface area contributed by atoms with Crippen molar-refractivity contribution in [3.63, 3.8) is 0 Å². The number of esters is 1. The first-order chi connectivity index (χ1) is 14.8. The Balaban J connectivity index is 1.58. The van der Waals surface area contributed by atoms with E-state index in [0.29, 0.717) is 0 Å². The summed E-state index contributed by atoms with van der Waals surface area (Å²) in [6.07, 6.45) is 3.77. The summed E-state index contributed by atoms with van der Waals surface area (Å²) in [5, 5.41) is 4.75. The smallest absolute Gasteiger partial charge is 0.340 e. The van der Waals surface area contributed by atoms with Gasteiger partial charge < -0.3 is 14.8 Å². The van der Waals surface area contributed by atoms with E-state index in [0.717, 1.165) is 31.7 Å². The van der Waals surface area contributed by atoms with Crippen molar-refractivity contribution < 1.29 is 32.3 Å². The van der Waals surface area contributed by atoms with Gasteiger partial charge in [-0.3, -0.25) is 10.1 Å². The van der Waals surface area contributed by atoms with E-state index in [1.54, 1.807) is 0 Å².